The van der Waals surface area contributed by atoms with Crippen molar-refractivity contribution in [1.29, 1.82) is 0 Å². The van der Waals surface area contributed by atoms with E-state index in [1.54, 1.807) is 12.4 Å². The number of pyridine rings is 1. The average Bonchev–Trinajstić information content (AvgIpc) is 3.12. The number of H-pyrrole nitrogens is 1. The molecule has 0 spiro atoms. The molecular weight excluding hydrogens is 316 g/mol. The number of amides is 1. The molecule has 3 aromatic rings. The highest BCUT2D eigenvalue weighted by Crippen LogP contribution is 2.24. The fourth-order valence-electron chi connectivity index (χ4n) is 3.22. The van der Waals surface area contributed by atoms with Crippen molar-refractivity contribution in [3.8, 4) is 5.75 Å². The summed E-state index contributed by atoms with van der Waals surface area (Å²) in [6.07, 6.45) is 5.49. The number of nitrogens with one attached hydrogen (secondary N) is 2. The third kappa shape index (κ3) is 3.63. The summed E-state index contributed by atoms with van der Waals surface area (Å²) in [6, 6.07) is 13.6. The minimum atomic E-state index is -0.141. The summed E-state index contributed by atoms with van der Waals surface area (Å²) in [5, 5.41) is 3.08. The van der Waals surface area contributed by atoms with Gasteiger partial charge in [0.05, 0.1) is 17.9 Å². The molecule has 6 nitrogen and oxygen atoms in total. The molecule has 1 amide bonds. The zero-order chi connectivity index (χ0) is 17.1. The Morgan fingerprint density at radius 3 is 2.68 bits per heavy atom. The number of aromatic amines is 1. The lowest BCUT2D eigenvalue weighted by atomic mass is 9.93. The zero-order valence-corrected chi connectivity index (χ0v) is 13.8. The molecule has 0 atom stereocenters. The Balaban J connectivity index is 1.31. The third-order valence-corrected chi connectivity index (χ3v) is 4.57. The monoisotopic (exact) mass is 336 g/mol. The second-order valence-corrected chi connectivity index (χ2v) is 6.35. The van der Waals surface area contributed by atoms with E-state index in [1.165, 1.54) is 0 Å². The van der Waals surface area contributed by atoms with Gasteiger partial charge in [0.15, 0.2) is 5.65 Å². The van der Waals surface area contributed by atoms with Crippen LogP contribution in [0.15, 0.2) is 48.8 Å². The van der Waals surface area contributed by atoms with E-state index >= 15 is 0 Å². The van der Waals surface area contributed by atoms with Crippen molar-refractivity contribution in [1.82, 2.24) is 20.3 Å². The third-order valence-electron chi connectivity index (χ3n) is 4.57. The van der Waals surface area contributed by atoms with Gasteiger partial charge < -0.3 is 15.0 Å². The molecular formula is C19H20N4O2. The van der Waals surface area contributed by atoms with E-state index in [0.29, 0.717) is 11.3 Å². The van der Waals surface area contributed by atoms with Crippen molar-refractivity contribution in [2.24, 2.45) is 0 Å². The van der Waals surface area contributed by atoms with Gasteiger partial charge in [-0.1, -0.05) is 18.2 Å². The van der Waals surface area contributed by atoms with Crippen molar-refractivity contribution in [2.75, 3.05) is 0 Å². The van der Waals surface area contributed by atoms with Crippen LogP contribution in [0.1, 0.15) is 36.2 Å². The summed E-state index contributed by atoms with van der Waals surface area (Å²) < 4.78 is 6.00. The number of carbonyl (C=O) groups excluding carboxylic acids is 1. The van der Waals surface area contributed by atoms with Crippen LogP contribution in [0.2, 0.25) is 0 Å². The number of aromatic nitrogens is 3. The SMILES string of the molecule is O=C(NC1CCC(Oc2ccccc2)CC1)c1ccc2[nH]cnc2n1. The van der Waals surface area contributed by atoms with E-state index in [2.05, 4.69) is 20.3 Å². The number of rotatable bonds is 4. The molecule has 0 saturated heterocycles. The number of nitrogens with zero attached hydrogens (tertiary/aromatic N) is 2. The van der Waals surface area contributed by atoms with Gasteiger partial charge in [0.1, 0.15) is 11.4 Å². The first-order chi connectivity index (χ1) is 12.3. The summed E-state index contributed by atoms with van der Waals surface area (Å²) in [5.41, 5.74) is 1.80. The highest BCUT2D eigenvalue weighted by atomic mass is 16.5. The van der Waals surface area contributed by atoms with Gasteiger partial charge in [0.25, 0.3) is 5.91 Å². The van der Waals surface area contributed by atoms with E-state index in [-0.39, 0.29) is 18.1 Å². The van der Waals surface area contributed by atoms with Crippen molar-refractivity contribution >= 4 is 17.1 Å². The molecule has 2 heterocycles. The molecule has 1 aliphatic carbocycles. The fourth-order valence-corrected chi connectivity index (χ4v) is 3.22. The van der Waals surface area contributed by atoms with Crippen molar-refractivity contribution < 1.29 is 9.53 Å². The van der Waals surface area contributed by atoms with Crippen molar-refractivity contribution in [3.63, 3.8) is 0 Å². The van der Waals surface area contributed by atoms with Crippen LogP contribution in [0.25, 0.3) is 11.2 Å². The number of para-hydroxylation sites is 1. The Morgan fingerprint density at radius 1 is 1.08 bits per heavy atom. The predicted octanol–water partition coefficient (Wildman–Crippen LogP) is 3.08. The molecule has 4 rings (SSSR count). The molecule has 128 valence electrons. The lowest BCUT2D eigenvalue weighted by Gasteiger charge is -2.29. The van der Waals surface area contributed by atoms with Gasteiger partial charge in [0.2, 0.25) is 0 Å². The maximum Gasteiger partial charge on any atom is 0.270 e. The summed E-state index contributed by atoms with van der Waals surface area (Å²) in [7, 11) is 0. The molecule has 1 fully saturated rings. The number of hydrogen-bond donors (Lipinski definition) is 2. The van der Waals surface area contributed by atoms with Crippen LogP contribution in [-0.2, 0) is 0 Å². The first kappa shape index (κ1) is 15.6. The Labute approximate surface area is 145 Å². The highest BCUT2D eigenvalue weighted by Gasteiger charge is 2.24. The van der Waals surface area contributed by atoms with E-state index in [4.69, 9.17) is 4.74 Å². The van der Waals surface area contributed by atoms with Crippen molar-refractivity contribution in [3.05, 3.63) is 54.5 Å². The second-order valence-electron chi connectivity index (χ2n) is 6.35. The molecule has 0 bridgehead atoms. The van der Waals surface area contributed by atoms with Crippen LogP contribution in [-0.4, -0.2) is 33.0 Å². The lowest BCUT2D eigenvalue weighted by Crippen LogP contribution is -2.40. The highest BCUT2D eigenvalue weighted by molar-refractivity contribution is 5.94. The topological polar surface area (TPSA) is 79.9 Å². The van der Waals surface area contributed by atoms with Crippen LogP contribution >= 0.6 is 0 Å². The van der Waals surface area contributed by atoms with Crippen LogP contribution in [0.4, 0.5) is 0 Å². The first-order valence-corrected chi connectivity index (χ1v) is 8.60. The van der Waals surface area contributed by atoms with Gasteiger partial charge in [-0.25, -0.2) is 9.97 Å². The Morgan fingerprint density at radius 2 is 1.88 bits per heavy atom. The number of benzene rings is 1. The molecule has 0 radical (unpaired) electrons. The second kappa shape index (κ2) is 6.93. The van der Waals surface area contributed by atoms with Gasteiger partial charge in [-0.2, -0.15) is 0 Å². The van der Waals surface area contributed by atoms with E-state index in [1.807, 2.05) is 36.4 Å². The number of carbonyl (C=O) groups is 1. The van der Waals surface area contributed by atoms with Crippen molar-refractivity contribution in [2.45, 2.75) is 37.8 Å². The largest absolute Gasteiger partial charge is 0.490 e. The average molecular weight is 336 g/mol. The quantitative estimate of drug-likeness (QED) is 0.767. The minimum absolute atomic E-state index is 0.141. The zero-order valence-electron chi connectivity index (χ0n) is 13.8. The normalized spacial score (nSPS) is 20.3. The van der Waals surface area contributed by atoms with Crippen LogP contribution in [0.5, 0.6) is 5.75 Å². The maximum absolute atomic E-state index is 12.4. The van der Waals surface area contributed by atoms with Gasteiger partial charge in [-0.3, -0.25) is 4.79 Å². The molecule has 6 heteroatoms. The molecule has 0 aliphatic heterocycles. The smallest absolute Gasteiger partial charge is 0.270 e. The summed E-state index contributed by atoms with van der Waals surface area (Å²) in [6.45, 7) is 0. The lowest BCUT2D eigenvalue weighted by molar-refractivity contribution is 0.0889. The molecule has 2 aromatic heterocycles. The molecule has 25 heavy (non-hydrogen) atoms. The Hall–Kier alpha value is -2.89. The standard InChI is InChI=1S/C19H20N4O2/c24-19(17-11-10-16-18(23-17)21-12-20-16)22-13-6-8-15(9-7-13)25-14-4-2-1-3-5-14/h1-5,10-13,15H,6-9H2,(H,22,24)(H,20,21,23). The Bertz CT molecular complexity index is 854. The summed E-state index contributed by atoms with van der Waals surface area (Å²) in [4.78, 5) is 23.8. The minimum Gasteiger partial charge on any atom is -0.490 e. The molecule has 1 saturated carbocycles. The fraction of sp³-hybridized carbons (Fsp3) is 0.316. The summed E-state index contributed by atoms with van der Waals surface area (Å²) >= 11 is 0. The number of ether oxygens (including phenoxy) is 1. The predicted molar refractivity (Wildman–Crippen MR) is 94.5 cm³/mol. The molecule has 2 N–H and O–H groups in total. The van der Waals surface area contributed by atoms with Crippen LogP contribution in [0, 0.1) is 0 Å². The van der Waals surface area contributed by atoms with Gasteiger partial charge in [-0.15, -0.1) is 0 Å². The van der Waals surface area contributed by atoms with Gasteiger partial charge >= 0.3 is 0 Å². The number of imidazole rings is 1. The van der Waals surface area contributed by atoms with Crippen LogP contribution < -0.4 is 10.1 Å². The molecule has 1 aromatic carbocycles. The van der Waals surface area contributed by atoms with Gasteiger partial charge in [0, 0.05) is 6.04 Å². The number of fused-ring (bicyclic) bond motifs is 1. The first-order valence-electron chi connectivity index (χ1n) is 8.60. The number of hydrogen-bond acceptors (Lipinski definition) is 4. The van der Waals surface area contributed by atoms with E-state index in [9.17, 15) is 4.79 Å². The Kier molecular flexibility index (Phi) is 4.33. The molecule has 1 aliphatic rings. The maximum atomic E-state index is 12.4. The van der Waals surface area contributed by atoms with E-state index in [0.717, 1.165) is 36.9 Å². The summed E-state index contributed by atoms with van der Waals surface area (Å²) in [5.74, 6) is 0.767. The van der Waals surface area contributed by atoms with Gasteiger partial charge in [-0.05, 0) is 49.9 Å². The molecule has 0 unspecified atom stereocenters. The van der Waals surface area contributed by atoms with Crippen LogP contribution in [0.3, 0.4) is 0 Å². The van der Waals surface area contributed by atoms with E-state index < -0.39 is 0 Å².